The molecule has 0 saturated carbocycles. The van der Waals surface area contributed by atoms with Crippen LogP contribution in [-0.4, -0.2) is 38.9 Å². The molecule has 1 aliphatic rings. The molecule has 1 aromatic heterocycles. The van der Waals surface area contributed by atoms with Crippen molar-refractivity contribution in [1.29, 1.82) is 0 Å². The summed E-state index contributed by atoms with van der Waals surface area (Å²) in [6, 6.07) is 14.3. The highest BCUT2D eigenvalue weighted by Gasteiger charge is 2.26. The molecule has 1 saturated heterocycles. The molecule has 1 fully saturated rings. The highest BCUT2D eigenvalue weighted by Crippen LogP contribution is 2.25. The SMILES string of the molecule is O=C(c1cccc2ccccc12)N1CCC(n2nccn2)CC1. The van der Waals surface area contributed by atoms with E-state index < -0.39 is 0 Å². The van der Waals surface area contributed by atoms with E-state index in [1.807, 2.05) is 47.4 Å². The van der Waals surface area contributed by atoms with Gasteiger partial charge in [-0.25, -0.2) is 0 Å². The van der Waals surface area contributed by atoms with Gasteiger partial charge in [-0.1, -0.05) is 36.4 Å². The van der Waals surface area contributed by atoms with Gasteiger partial charge in [-0.05, 0) is 29.7 Å². The molecule has 1 amide bonds. The zero-order valence-corrected chi connectivity index (χ0v) is 12.8. The predicted molar refractivity (Wildman–Crippen MR) is 88.1 cm³/mol. The van der Waals surface area contributed by atoms with Crippen molar-refractivity contribution in [3.05, 3.63) is 60.4 Å². The van der Waals surface area contributed by atoms with Crippen LogP contribution in [0.25, 0.3) is 10.8 Å². The van der Waals surface area contributed by atoms with Crippen LogP contribution in [0.1, 0.15) is 29.2 Å². The molecule has 4 rings (SSSR count). The lowest BCUT2D eigenvalue weighted by Crippen LogP contribution is -2.39. The topological polar surface area (TPSA) is 51.0 Å². The van der Waals surface area contributed by atoms with Crippen LogP contribution < -0.4 is 0 Å². The Morgan fingerprint density at radius 3 is 2.43 bits per heavy atom. The molecule has 0 N–H and O–H groups in total. The molecular weight excluding hydrogens is 288 g/mol. The standard InChI is InChI=1S/C18H18N4O/c23-18(17-7-3-5-14-4-1-2-6-16(14)17)21-12-8-15(9-13-21)22-19-10-11-20-22/h1-7,10-11,15H,8-9,12-13H2. The van der Waals surface area contributed by atoms with Gasteiger partial charge in [-0.2, -0.15) is 15.0 Å². The van der Waals surface area contributed by atoms with Gasteiger partial charge in [-0.3, -0.25) is 4.79 Å². The fourth-order valence-electron chi connectivity index (χ4n) is 3.30. The van der Waals surface area contributed by atoms with Crippen LogP contribution in [0.5, 0.6) is 0 Å². The lowest BCUT2D eigenvalue weighted by Gasteiger charge is -2.31. The van der Waals surface area contributed by atoms with Gasteiger partial charge in [0, 0.05) is 18.7 Å². The van der Waals surface area contributed by atoms with Crippen LogP contribution in [0, 0.1) is 0 Å². The zero-order chi connectivity index (χ0) is 15.6. The first-order valence-electron chi connectivity index (χ1n) is 7.96. The zero-order valence-electron chi connectivity index (χ0n) is 12.8. The molecule has 116 valence electrons. The number of hydrogen-bond acceptors (Lipinski definition) is 3. The number of carbonyl (C=O) groups is 1. The second kappa shape index (κ2) is 5.83. The van der Waals surface area contributed by atoms with Crippen LogP contribution in [0.2, 0.25) is 0 Å². The number of fused-ring (bicyclic) bond motifs is 1. The van der Waals surface area contributed by atoms with Gasteiger partial charge in [0.15, 0.2) is 0 Å². The van der Waals surface area contributed by atoms with Crippen LogP contribution in [0.15, 0.2) is 54.9 Å². The van der Waals surface area contributed by atoms with Crippen LogP contribution >= 0.6 is 0 Å². The minimum atomic E-state index is 0.119. The Bertz CT molecular complexity index is 815. The van der Waals surface area contributed by atoms with Gasteiger partial charge in [0.05, 0.1) is 18.4 Å². The van der Waals surface area contributed by atoms with Crippen molar-refractivity contribution in [2.45, 2.75) is 18.9 Å². The van der Waals surface area contributed by atoms with E-state index in [0.29, 0.717) is 6.04 Å². The molecule has 0 atom stereocenters. The molecule has 2 aromatic carbocycles. The molecule has 1 aliphatic heterocycles. The van der Waals surface area contributed by atoms with E-state index in [2.05, 4.69) is 10.2 Å². The lowest BCUT2D eigenvalue weighted by atomic mass is 10.0. The lowest BCUT2D eigenvalue weighted by molar-refractivity contribution is 0.0686. The largest absolute Gasteiger partial charge is 0.338 e. The maximum atomic E-state index is 12.9. The minimum Gasteiger partial charge on any atom is -0.338 e. The molecule has 0 spiro atoms. The Hall–Kier alpha value is -2.69. The third-order valence-corrected chi connectivity index (χ3v) is 4.53. The molecule has 0 unspecified atom stereocenters. The molecule has 5 nitrogen and oxygen atoms in total. The van der Waals surface area contributed by atoms with Crippen LogP contribution in [0.4, 0.5) is 0 Å². The molecule has 5 heteroatoms. The fraction of sp³-hybridized carbons (Fsp3) is 0.278. The van der Waals surface area contributed by atoms with Gasteiger partial charge in [-0.15, -0.1) is 0 Å². The minimum absolute atomic E-state index is 0.119. The van der Waals surface area contributed by atoms with Gasteiger partial charge >= 0.3 is 0 Å². The highest BCUT2D eigenvalue weighted by atomic mass is 16.2. The number of piperidine rings is 1. The van der Waals surface area contributed by atoms with Crippen molar-refractivity contribution in [3.8, 4) is 0 Å². The summed E-state index contributed by atoms with van der Waals surface area (Å²) in [5.41, 5.74) is 0.791. The summed E-state index contributed by atoms with van der Waals surface area (Å²) in [5.74, 6) is 0.119. The average molecular weight is 306 g/mol. The van der Waals surface area contributed by atoms with Crippen molar-refractivity contribution in [2.75, 3.05) is 13.1 Å². The first-order valence-corrected chi connectivity index (χ1v) is 7.96. The number of nitrogens with zero attached hydrogens (tertiary/aromatic N) is 4. The third-order valence-electron chi connectivity index (χ3n) is 4.53. The molecule has 23 heavy (non-hydrogen) atoms. The van der Waals surface area contributed by atoms with Crippen molar-refractivity contribution in [1.82, 2.24) is 19.9 Å². The molecule has 0 bridgehead atoms. The summed E-state index contributed by atoms with van der Waals surface area (Å²) in [7, 11) is 0. The van der Waals surface area contributed by atoms with E-state index in [4.69, 9.17) is 0 Å². The maximum Gasteiger partial charge on any atom is 0.254 e. The molecule has 0 radical (unpaired) electrons. The Morgan fingerprint density at radius 2 is 1.65 bits per heavy atom. The number of benzene rings is 2. The normalized spacial score (nSPS) is 15.9. The van der Waals surface area contributed by atoms with E-state index >= 15 is 0 Å². The van der Waals surface area contributed by atoms with E-state index in [9.17, 15) is 4.79 Å². The first kappa shape index (κ1) is 13.9. The highest BCUT2D eigenvalue weighted by molar-refractivity contribution is 6.07. The third kappa shape index (κ3) is 2.59. The first-order chi connectivity index (χ1) is 11.3. The molecule has 0 aliphatic carbocycles. The van der Waals surface area contributed by atoms with Gasteiger partial charge in [0.25, 0.3) is 5.91 Å². The number of aromatic nitrogens is 3. The summed E-state index contributed by atoms with van der Waals surface area (Å²) in [5, 5.41) is 10.6. The number of likely N-dealkylation sites (tertiary alicyclic amines) is 1. The van der Waals surface area contributed by atoms with Gasteiger partial charge < -0.3 is 4.90 Å². The van der Waals surface area contributed by atoms with E-state index in [1.54, 1.807) is 17.2 Å². The number of carbonyl (C=O) groups excluding carboxylic acids is 1. The number of rotatable bonds is 2. The Morgan fingerprint density at radius 1 is 0.957 bits per heavy atom. The Kier molecular flexibility index (Phi) is 3.54. The van der Waals surface area contributed by atoms with E-state index in [-0.39, 0.29) is 5.91 Å². The second-order valence-corrected chi connectivity index (χ2v) is 5.90. The predicted octanol–water partition coefficient (Wildman–Crippen LogP) is 2.91. The molecule has 2 heterocycles. The number of hydrogen-bond donors (Lipinski definition) is 0. The monoisotopic (exact) mass is 306 g/mol. The molecule has 3 aromatic rings. The van der Waals surface area contributed by atoms with Gasteiger partial charge in [0.1, 0.15) is 0 Å². The second-order valence-electron chi connectivity index (χ2n) is 5.90. The Balaban J connectivity index is 1.54. The van der Waals surface area contributed by atoms with Crippen molar-refractivity contribution < 1.29 is 4.79 Å². The van der Waals surface area contributed by atoms with Gasteiger partial charge in [0.2, 0.25) is 0 Å². The smallest absolute Gasteiger partial charge is 0.254 e. The summed E-state index contributed by atoms with van der Waals surface area (Å²) in [4.78, 5) is 16.6. The van der Waals surface area contributed by atoms with E-state index in [1.165, 1.54) is 0 Å². The molecular formula is C18H18N4O. The number of amides is 1. The maximum absolute atomic E-state index is 12.9. The quantitative estimate of drug-likeness (QED) is 0.731. The van der Waals surface area contributed by atoms with Crippen molar-refractivity contribution in [3.63, 3.8) is 0 Å². The summed E-state index contributed by atoms with van der Waals surface area (Å²) >= 11 is 0. The van der Waals surface area contributed by atoms with Crippen molar-refractivity contribution in [2.24, 2.45) is 0 Å². The summed E-state index contributed by atoms with van der Waals surface area (Å²) in [6.45, 7) is 1.49. The fourth-order valence-corrected chi connectivity index (χ4v) is 3.30. The average Bonchev–Trinajstić information content (AvgIpc) is 3.15. The summed E-state index contributed by atoms with van der Waals surface area (Å²) < 4.78 is 0. The van der Waals surface area contributed by atoms with Crippen LogP contribution in [-0.2, 0) is 0 Å². The van der Waals surface area contributed by atoms with Crippen LogP contribution in [0.3, 0.4) is 0 Å². The summed E-state index contributed by atoms with van der Waals surface area (Å²) in [6.07, 6.45) is 5.19. The van der Waals surface area contributed by atoms with E-state index in [0.717, 1.165) is 42.3 Å². The van der Waals surface area contributed by atoms with Crippen molar-refractivity contribution >= 4 is 16.7 Å². The Labute approximate surface area is 134 Å².